The van der Waals surface area contributed by atoms with Gasteiger partial charge in [-0.05, 0) is 0 Å². The van der Waals surface area contributed by atoms with Crippen molar-refractivity contribution < 1.29 is 19.2 Å². The highest BCUT2D eigenvalue weighted by Crippen LogP contribution is 2.19. The van der Waals surface area contributed by atoms with Gasteiger partial charge in [-0.25, -0.2) is 4.98 Å². The molecule has 1 rings (SSSR count). The van der Waals surface area contributed by atoms with Crippen molar-refractivity contribution in [2.75, 3.05) is 32.1 Å². The van der Waals surface area contributed by atoms with E-state index in [1.54, 1.807) is 7.05 Å². The lowest BCUT2D eigenvalue weighted by atomic mass is 10.2. The van der Waals surface area contributed by atoms with Crippen molar-refractivity contribution in [3.63, 3.8) is 0 Å². The topological polar surface area (TPSA) is 149 Å². The monoisotopic (exact) mass is 297 g/mol. The van der Waals surface area contributed by atoms with Crippen LogP contribution >= 0.6 is 0 Å². The molecule has 4 N–H and O–H groups in total. The van der Waals surface area contributed by atoms with E-state index in [1.165, 1.54) is 6.07 Å². The van der Waals surface area contributed by atoms with Crippen LogP contribution in [0.25, 0.3) is 0 Å². The normalized spacial score (nSPS) is 9.95. The molecule has 0 unspecified atom stereocenters. The van der Waals surface area contributed by atoms with E-state index >= 15 is 0 Å². The molecule has 0 fully saturated rings. The molecule has 10 nitrogen and oxygen atoms in total. The van der Waals surface area contributed by atoms with Gasteiger partial charge in [0.2, 0.25) is 5.91 Å². The van der Waals surface area contributed by atoms with Gasteiger partial charge in [0.15, 0.2) is 0 Å². The molecule has 0 aromatic carbocycles. The van der Waals surface area contributed by atoms with Crippen LogP contribution in [0.1, 0.15) is 10.4 Å². The second kappa shape index (κ2) is 7.75. The van der Waals surface area contributed by atoms with Crippen molar-refractivity contribution >= 4 is 23.3 Å². The van der Waals surface area contributed by atoms with E-state index in [-0.39, 0.29) is 25.3 Å². The molecule has 0 saturated heterocycles. The van der Waals surface area contributed by atoms with Gasteiger partial charge in [0.05, 0.1) is 11.5 Å². The van der Waals surface area contributed by atoms with E-state index in [9.17, 15) is 19.7 Å². The molecule has 1 heterocycles. The smallest absolute Gasteiger partial charge is 0.300 e. The Labute approximate surface area is 119 Å². The summed E-state index contributed by atoms with van der Waals surface area (Å²) in [7, 11) is 1.58. The highest BCUT2D eigenvalue weighted by molar-refractivity contribution is 5.98. The maximum Gasteiger partial charge on any atom is 0.300 e. The summed E-state index contributed by atoms with van der Waals surface area (Å²) < 4.78 is 4.86. The molecule has 114 valence electrons. The molecule has 0 aliphatic rings. The second-order valence-electron chi connectivity index (χ2n) is 3.87. The van der Waals surface area contributed by atoms with E-state index in [2.05, 4.69) is 15.6 Å². The van der Waals surface area contributed by atoms with Gasteiger partial charge in [-0.15, -0.1) is 0 Å². The van der Waals surface area contributed by atoms with Gasteiger partial charge in [-0.3, -0.25) is 19.7 Å². The Morgan fingerprint density at radius 1 is 1.52 bits per heavy atom. The van der Waals surface area contributed by atoms with Crippen molar-refractivity contribution in [2.24, 2.45) is 5.73 Å². The van der Waals surface area contributed by atoms with E-state index in [0.29, 0.717) is 5.82 Å². The van der Waals surface area contributed by atoms with E-state index in [4.69, 9.17) is 10.5 Å². The third kappa shape index (κ3) is 5.03. The number of anilines is 1. The third-order valence-electron chi connectivity index (χ3n) is 2.36. The molecule has 0 spiro atoms. The first-order valence-corrected chi connectivity index (χ1v) is 5.92. The number of nitro groups is 1. The van der Waals surface area contributed by atoms with Crippen LogP contribution in [-0.4, -0.2) is 48.5 Å². The van der Waals surface area contributed by atoms with E-state index < -0.39 is 22.4 Å². The van der Waals surface area contributed by atoms with Crippen molar-refractivity contribution in [3.8, 4) is 0 Å². The summed E-state index contributed by atoms with van der Waals surface area (Å²) in [5, 5.41) is 16.0. The molecule has 0 saturated carbocycles. The molecular weight excluding hydrogens is 282 g/mol. The predicted molar refractivity (Wildman–Crippen MR) is 72.8 cm³/mol. The maximum absolute atomic E-state index is 11.9. The number of primary amides is 1. The first kappa shape index (κ1) is 16.3. The van der Waals surface area contributed by atoms with Crippen molar-refractivity contribution in [3.05, 3.63) is 27.9 Å². The first-order valence-electron chi connectivity index (χ1n) is 5.92. The fraction of sp³-hybridized carbons (Fsp3) is 0.364. The van der Waals surface area contributed by atoms with E-state index in [0.717, 1.165) is 6.20 Å². The van der Waals surface area contributed by atoms with Crippen LogP contribution in [0.2, 0.25) is 0 Å². The average Bonchev–Trinajstić information content (AvgIpc) is 2.45. The van der Waals surface area contributed by atoms with Crippen LogP contribution in [0.15, 0.2) is 12.3 Å². The number of hydrogen-bond acceptors (Lipinski definition) is 7. The summed E-state index contributed by atoms with van der Waals surface area (Å²) in [6, 6.07) is 1.28. The fourth-order valence-electron chi connectivity index (χ4n) is 1.42. The van der Waals surface area contributed by atoms with Crippen molar-refractivity contribution in [1.29, 1.82) is 0 Å². The Kier molecular flexibility index (Phi) is 6.01. The number of ether oxygens (including phenoxy) is 1. The molecule has 10 heteroatoms. The van der Waals surface area contributed by atoms with Gasteiger partial charge in [0.25, 0.3) is 11.6 Å². The summed E-state index contributed by atoms with van der Waals surface area (Å²) in [4.78, 5) is 36.3. The van der Waals surface area contributed by atoms with Gasteiger partial charge in [-0.1, -0.05) is 0 Å². The SMILES string of the molecule is CNc1cc(C(=O)NCCOCC(N)=O)c([N+](=O)[O-])cn1. The summed E-state index contributed by atoms with van der Waals surface area (Å²) in [5.74, 6) is -0.927. The lowest BCUT2D eigenvalue weighted by molar-refractivity contribution is -0.385. The average molecular weight is 297 g/mol. The number of hydrogen-bond donors (Lipinski definition) is 3. The zero-order chi connectivity index (χ0) is 15.8. The van der Waals surface area contributed by atoms with E-state index in [1.807, 2.05) is 0 Å². The van der Waals surface area contributed by atoms with Gasteiger partial charge in [0, 0.05) is 19.7 Å². The Balaban J connectivity index is 2.67. The summed E-state index contributed by atoms with van der Waals surface area (Å²) >= 11 is 0. The molecule has 21 heavy (non-hydrogen) atoms. The molecule has 0 radical (unpaired) electrons. The van der Waals surface area contributed by atoms with Crippen LogP contribution in [0.4, 0.5) is 11.5 Å². The number of aromatic nitrogens is 1. The van der Waals surface area contributed by atoms with Crippen molar-refractivity contribution in [2.45, 2.75) is 0 Å². The molecule has 0 aliphatic carbocycles. The Morgan fingerprint density at radius 2 is 2.24 bits per heavy atom. The van der Waals surface area contributed by atoms with Crippen LogP contribution in [0.3, 0.4) is 0 Å². The molecule has 0 atom stereocenters. The summed E-state index contributed by atoms with van der Waals surface area (Å²) in [6.07, 6.45) is 1.00. The molecule has 0 bridgehead atoms. The second-order valence-corrected chi connectivity index (χ2v) is 3.87. The van der Waals surface area contributed by atoms with Gasteiger partial charge >= 0.3 is 0 Å². The predicted octanol–water partition coefficient (Wildman–Crippen LogP) is -0.737. The third-order valence-corrected chi connectivity index (χ3v) is 2.36. The highest BCUT2D eigenvalue weighted by atomic mass is 16.6. The Morgan fingerprint density at radius 3 is 2.81 bits per heavy atom. The number of rotatable bonds is 8. The Hall–Kier alpha value is -2.75. The molecule has 0 aliphatic heterocycles. The summed E-state index contributed by atoms with van der Waals surface area (Å²) in [5.41, 5.74) is 4.36. The number of pyridine rings is 1. The minimum atomic E-state index is -0.690. The molecule has 1 aromatic heterocycles. The van der Waals surface area contributed by atoms with Crippen LogP contribution in [0, 0.1) is 10.1 Å². The zero-order valence-electron chi connectivity index (χ0n) is 11.3. The lowest BCUT2D eigenvalue weighted by Gasteiger charge is -2.07. The lowest BCUT2D eigenvalue weighted by Crippen LogP contribution is -2.29. The fourth-order valence-corrected chi connectivity index (χ4v) is 1.42. The minimum Gasteiger partial charge on any atom is -0.373 e. The first-order chi connectivity index (χ1) is 9.95. The molecule has 2 amide bonds. The molecule has 1 aromatic rings. The number of amides is 2. The standard InChI is InChI=1S/C11H15N5O5/c1-13-10-4-7(8(5-15-10)16(19)20)11(18)14-2-3-21-6-9(12)17/h4-5H,2-3,6H2,1H3,(H2,12,17)(H,13,15)(H,14,18). The van der Waals surface area contributed by atoms with Crippen LogP contribution < -0.4 is 16.4 Å². The van der Waals surface area contributed by atoms with Gasteiger partial charge in [-0.2, -0.15) is 0 Å². The highest BCUT2D eigenvalue weighted by Gasteiger charge is 2.21. The Bertz CT molecular complexity index is 548. The van der Waals surface area contributed by atoms with Gasteiger partial charge in [0.1, 0.15) is 24.2 Å². The molecular formula is C11H15N5O5. The number of nitrogens with one attached hydrogen (secondary N) is 2. The van der Waals surface area contributed by atoms with Crippen LogP contribution in [0.5, 0.6) is 0 Å². The maximum atomic E-state index is 11.9. The number of nitrogens with two attached hydrogens (primary N) is 1. The zero-order valence-corrected chi connectivity index (χ0v) is 11.3. The largest absolute Gasteiger partial charge is 0.373 e. The van der Waals surface area contributed by atoms with Crippen molar-refractivity contribution in [1.82, 2.24) is 10.3 Å². The number of nitrogens with zero attached hydrogens (tertiary/aromatic N) is 2. The quantitative estimate of drug-likeness (QED) is 0.325. The minimum absolute atomic E-state index is 0.0620. The number of carbonyl (C=O) groups excluding carboxylic acids is 2. The number of carbonyl (C=O) groups is 2. The van der Waals surface area contributed by atoms with Gasteiger partial charge < -0.3 is 21.1 Å². The summed E-state index contributed by atoms with van der Waals surface area (Å²) in [6.45, 7) is -0.109. The van der Waals surface area contributed by atoms with Crippen LogP contribution in [-0.2, 0) is 9.53 Å².